The Balaban J connectivity index is 1.61. The molecule has 0 fully saturated rings. The van der Waals surface area contributed by atoms with Crippen LogP contribution in [0.15, 0.2) is 81.9 Å². The van der Waals surface area contributed by atoms with Gasteiger partial charge in [-0.2, -0.15) is 8.42 Å². The Bertz CT molecular complexity index is 1260. The zero-order valence-corrected chi connectivity index (χ0v) is 18.1. The number of hydrogen-bond acceptors (Lipinski definition) is 6. The number of fused-ring (bicyclic) bond motifs is 1. The SMILES string of the molecule is COc1ccccc1/C=C1\Oc2cc(OS(=O)(=O)c3ccc(Br)cc3)ccc2C1=O. The lowest BCUT2D eigenvalue weighted by Crippen LogP contribution is -2.09. The van der Waals surface area contributed by atoms with Crippen molar-refractivity contribution in [1.29, 1.82) is 0 Å². The van der Waals surface area contributed by atoms with E-state index in [1.54, 1.807) is 37.5 Å². The molecule has 152 valence electrons. The topological polar surface area (TPSA) is 78.9 Å². The quantitative estimate of drug-likeness (QED) is 0.379. The number of carbonyl (C=O) groups is 1. The lowest BCUT2D eigenvalue weighted by molar-refractivity contribution is 0.101. The van der Waals surface area contributed by atoms with Crippen LogP contribution in [-0.4, -0.2) is 21.3 Å². The molecule has 1 heterocycles. The molecule has 0 bridgehead atoms. The van der Waals surface area contributed by atoms with Crippen LogP contribution in [0.25, 0.3) is 6.08 Å². The number of ether oxygens (including phenoxy) is 2. The predicted octanol–water partition coefficient (Wildman–Crippen LogP) is 4.84. The maximum absolute atomic E-state index is 12.7. The Labute approximate surface area is 182 Å². The van der Waals surface area contributed by atoms with Gasteiger partial charge in [-0.3, -0.25) is 4.79 Å². The maximum atomic E-state index is 12.7. The molecule has 0 aromatic heterocycles. The molecule has 3 aromatic rings. The van der Waals surface area contributed by atoms with Gasteiger partial charge in [0.05, 0.1) is 12.7 Å². The number of methoxy groups -OCH3 is 1. The number of allylic oxidation sites excluding steroid dienone is 1. The zero-order chi connectivity index (χ0) is 21.3. The number of ketones is 1. The molecule has 0 unspecified atom stereocenters. The van der Waals surface area contributed by atoms with E-state index in [-0.39, 0.29) is 27.9 Å². The van der Waals surface area contributed by atoms with Gasteiger partial charge in [-0.25, -0.2) is 0 Å². The van der Waals surface area contributed by atoms with E-state index >= 15 is 0 Å². The first-order valence-electron chi connectivity index (χ1n) is 8.79. The molecule has 0 saturated heterocycles. The highest BCUT2D eigenvalue weighted by atomic mass is 79.9. The van der Waals surface area contributed by atoms with E-state index in [2.05, 4.69) is 15.9 Å². The van der Waals surface area contributed by atoms with Crippen molar-refractivity contribution in [2.24, 2.45) is 0 Å². The average Bonchev–Trinajstić information content (AvgIpc) is 3.03. The van der Waals surface area contributed by atoms with E-state index in [1.165, 1.54) is 30.3 Å². The molecule has 0 radical (unpaired) electrons. The van der Waals surface area contributed by atoms with Gasteiger partial charge >= 0.3 is 10.1 Å². The van der Waals surface area contributed by atoms with Crippen LogP contribution < -0.4 is 13.7 Å². The molecule has 1 aliphatic rings. The van der Waals surface area contributed by atoms with E-state index in [0.29, 0.717) is 16.9 Å². The van der Waals surface area contributed by atoms with Crippen LogP contribution in [0, 0.1) is 0 Å². The summed E-state index contributed by atoms with van der Waals surface area (Å²) >= 11 is 3.26. The summed E-state index contributed by atoms with van der Waals surface area (Å²) in [5.41, 5.74) is 1.01. The number of benzene rings is 3. The van der Waals surface area contributed by atoms with Crippen LogP contribution in [0.5, 0.6) is 17.2 Å². The van der Waals surface area contributed by atoms with Crippen LogP contribution in [0.3, 0.4) is 0 Å². The summed E-state index contributed by atoms with van der Waals surface area (Å²) < 4.78 is 41.9. The summed E-state index contributed by atoms with van der Waals surface area (Å²) in [5, 5.41) is 0. The number of Topliss-reactive ketones (excluding diaryl/α,β-unsaturated/α-hetero) is 1. The van der Waals surface area contributed by atoms with E-state index in [1.807, 2.05) is 12.1 Å². The lowest BCUT2D eigenvalue weighted by Gasteiger charge is -2.08. The summed E-state index contributed by atoms with van der Waals surface area (Å²) in [4.78, 5) is 12.7. The van der Waals surface area contributed by atoms with Gasteiger partial charge in [-0.15, -0.1) is 0 Å². The van der Waals surface area contributed by atoms with Gasteiger partial charge in [0.15, 0.2) is 5.76 Å². The molecule has 6 nitrogen and oxygen atoms in total. The Kier molecular flexibility index (Phi) is 5.36. The van der Waals surface area contributed by atoms with Gasteiger partial charge in [0, 0.05) is 16.1 Å². The van der Waals surface area contributed by atoms with Crippen LogP contribution >= 0.6 is 15.9 Å². The van der Waals surface area contributed by atoms with Gasteiger partial charge in [0.2, 0.25) is 5.78 Å². The van der Waals surface area contributed by atoms with Gasteiger partial charge in [0.1, 0.15) is 22.1 Å². The summed E-state index contributed by atoms with van der Waals surface area (Å²) in [5.74, 6) is 0.676. The number of para-hydroxylation sites is 1. The predicted molar refractivity (Wildman–Crippen MR) is 114 cm³/mol. The van der Waals surface area contributed by atoms with Crippen molar-refractivity contribution in [2.75, 3.05) is 7.11 Å². The highest BCUT2D eigenvalue weighted by Gasteiger charge is 2.29. The molecule has 0 atom stereocenters. The third kappa shape index (κ3) is 3.96. The van der Waals surface area contributed by atoms with Crippen molar-refractivity contribution in [3.05, 3.63) is 88.1 Å². The Morgan fingerprint density at radius 1 is 1.00 bits per heavy atom. The third-order valence-corrected chi connectivity index (χ3v) is 6.17. The van der Waals surface area contributed by atoms with Crippen molar-refractivity contribution in [3.8, 4) is 17.2 Å². The van der Waals surface area contributed by atoms with Crippen molar-refractivity contribution in [2.45, 2.75) is 4.90 Å². The molecule has 0 amide bonds. The first-order valence-corrected chi connectivity index (χ1v) is 11.0. The van der Waals surface area contributed by atoms with E-state index < -0.39 is 10.1 Å². The van der Waals surface area contributed by atoms with Crippen molar-refractivity contribution >= 4 is 37.9 Å². The number of rotatable bonds is 5. The van der Waals surface area contributed by atoms with Crippen LogP contribution in [0.1, 0.15) is 15.9 Å². The highest BCUT2D eigenvalue weighted by Crippen LogP contribution is 2.36. The Morgan fingerprint density at radius 2 is 1.73 bits per heavy atom. The van der Waals surface area contributed by atoms with Crippen molar-refractivity contribution in [3.63, 3.8) is 0 Å². The van der Waals surface area contributed by atoms with Crippen LogP contribution in [0.4, 0.5) is 0 Å². The van der Waals surface area contributed by atoms with Crippen LogP contribution in [0.2, 0.25) is 0 Å². The van der Waals surface area contributed by atoms with Crippen molar-refractivity contribution in [1.82, 2.24) is 0 Å². The van der Waals surface area contributed by atoms with Gasteiger partial charge < -0.3 is 13.7 Å². The molecule has 0 aliphatic carbocycles. The van der Waals surface area contributed by atoms with Crippen molar-refractivity contribution < 1.29 is 26.9 Å². The minimum atomic E-state index is -4.02. The smallest absolute Gasteiger partial charge is 0.339 e. The fourth-order valence-corrected chi connectivity index (χ4v) is 4.11. The van der Waals surface area contributed by atoms with Crippen LogP contribution in [-0.2, 0) is 10.1 Å². The summed E-state index contributed by atoms with van der Waals surface area (Å²) in [6, 6.07) is 17.6. The molecule has 4 rings (SSSR count). The van der Waals surface area contributed by atoms with Gasteiger partial charge in [-0.05, 0) is 48.5 Å². The average molecular weight is 487 g/mol. The largest absolute Gasteiger partial charge is 0.496 e. The Morgan fingerprint density at radius 3 is 2.47 bits per heavy atom. The van der Waals surface area contributed by atoms with Gasteiger partial charge in [0.25, 0.3) is 0 Å². The lowest BCUT2D eigenvalue weighted by atomic mass is 10.1. The Hall–Kier alpha value is -3.10. The molecule has 0 spiro atoms. The van der Waals surface area contributed by atoms with E-state index in [9.17, 15) is 13.2 Å². The second kappa shape index (κ2) is 7.97. The molecule has 30 heavy (non-hydrogen) atoms. The molecule has 0 N–H and O–H groups in total. The number of hydrogen-bond donors (Lipinski definition) is 0. The molecule has 8 heteroatoms. The maximum Gasteiger partial charge on any atom is 0.339 e. The molecular weight excluding hydrogens is 472 g/mol. The molecule has 3 aromatic carbocycles. The third-order valence-electron chi connectivity index (χ3n) is 4.38. The zero-order valence-electron chi connectivity index (χ0n) is 15.7. The van der Waals surface area contributed by atoms with E-state index in [0.717, 1.165) is 4.47 Å². The second-order valence-corrected chi connectivity index (χ2v) is 8.79. The second-order valence-electron chi connectivity index (χ2n) is 6.33. The summed E-state index contributed by atoms with van der Waals surface area (Å²) in [7, 11) is -2.48. The minimum Gasteiger partial charge on any atom is -0.496 e. The number of halogens is 1. The minimum absolute atomic E-state index is 0.0138. The standard InChI is InChI=1S/C22H15BrO6S/c1-27-19-5-3-2-4-14(19)12-21-22(24)18-11-8-16(13-20(18)28-21)29-30(25,26)17-9-6-15(23)7-10-17/h2-13H,1H3/b21-12-. The first-order chi connectivity index (χ1) is 14.4. The molecule has 0 saturated carbocycles. The molecular formula is C22H15BrO6S. The number of carbonyl (C=O) groups excluding carboxylic acids is 1. The fraction of sp³-hybridized carbons (Fsp3) is 0.0455. The monoisotopic (exact) mass is 486 g/mol. The summed E-state index contributed by atoms with van der Waals surface area (Å²) in [6.45, 7) is 0. The van der Waals surface area contributed by atoms with E-state index in [4.69, 9.17) is 13.7 Å². The fourth-order valence-electron chi connectivity index (χ4n) is 2.92. The summed E-state index contributed by atoms with van der Waals surface area (Å²) in [6.07, 6.45) is 1.58. The normalized spacial score (nSPS) is 14.3. The first kappa shape index (κ1) is 20.2. The van der Waals surface area contributed by atoms with Gasteiger partial charge in [-0.1, -0.05) is 34.1 Å². The molecule has 1 aliphatic heterocycles. The highest BCUT2D eigenvalue weighted by molar-refractivity contribution is 9.10.